The van der Waals surface area contributed by atoms with Gasteiger partial charge in [-0.1, -0.05) is 0 Å². The molecule has 0 saturated heterocycles. The summed E-state index contributed by atoms with van der Waals surface area (Å²) < 4.78 is 5.01. The van der Waals surface area contributed by atoms with Gasteiger partial charge in [0.25, 0.3) is 0 Å². The minimum absolute atomic E-state index is 0.0437. The summed E-state index contributed by atoms with van der Waals surface area (Å²) in [7, 11) is 1.32. The molecule has 0 radical (unpaired) electrons. The molecule has 0 amide bonds. The van der Waals surface area contributed by atoms with E-state index in [0.717, 1.165) is 0 Å². The Morgan fingerprint density at radius 1 is 1.91 bits per heavy atom. The van der Waals surface area contributed by atoms with Crippen molar-refractivity contribution in [1.82, 2.24) is 15.0 Å². The summed E-state index contributed by atoms with van der Waals surface area (Å²) in [4.78, 5) is 11.9. The van der Waals surface area contributed by atoms with Crippen LogP contribution < -0.4 is 0 Å². The number of carbonyl (C=O) groups excluding carboxylic acids is 1. The van der Waals surface area contributed by atoms with Crippen LogP contribution in [0.4, 0.5) is 0 Å². The Kier molecular flexibility index (Phi) is 2.58. The molecule has 0 saturated carbocycles. The molecule has 1 aromatic heterocycles. The number of nitrogens with zero attached hydrogens (tertiary/aromatic N) is 3. The highest BCUT2D eigenvalue weighted by molar-refractivity contribution is 9.10. The lowest BCUT2D eigenvalue weighted by atomic mass is 10.7. The minimum atomic E-state index is -0.367. The maximum absolute atomic E-state index is 10.7. The van der Waals surface area contributed by atoms with E-state index in [9.17, 15) is 4.79 Å². The molecule has 1 rings (SSSR count). The molecule has 0 fully saturated rings. The highest BCUT2D eigenvalue weighted by Crippen LogP contribution is 2.00. The number of methoxy groups -OCH3 is 1. The Morgan fingerprint density at radius 2 is 2.64 bits per heavy atom. The van der Waals surface area contributed by atoms with Gasteiger partial charge in [-0.3, -0.25) is 0 Å². The molecule has 0 aliphatic heterocycles. The Labute approximate surface area is 71.5 Å². The van der Waals surface area contributed by atoms with Crippen molar-refractivity contribution in [2.24, 2.45) is 0 Å². The molecular formula is C5H6BrN3O2. The summed E-state index contributed by atoms with van der Waals surface area (Å²) in [6.45, 7) is 0.0437. The first-order valence-corrected chi connectivity index (χ1v) is 3.64. The zero-order valence-electron chi connectivity index (χ0n) is 5.82. The summed E-state index contributed by atoms with van der Waals surface area (Å²) in [5, 5.41) is 7.58. The van der Waals surface area contributed by atoms with E-state index in [2.05, 4.69) is 30.9 Å². The van der Waals surface area contributed by atoms with Crippen LogP contribution in [0.2, 0.25) is 0 Å². The maximum Gasteiger partial charge on any atom is 0.329 e. The van der Waals surface area contributed by atoms with Gasteiger partial charge in [0.2, 0.25) is 0 Å². The van der Waals surface area contributed by atoms with Crippen LogP contribution in [0.1, 0.15) is 0 Å². The molecule has 0 aromatic carbocycles. The highest BCUT2D eigenvalue weighted by Gasteiger charge is 2.03. The van der Waals surface area contributed by atoms with Crippen molar-refractivity contribution >= 4 is 21.9 Å². The normalized spacial score (nSPS) is 9.64. The highest BCUT2D eigenvalue weighted by atomic mass is 79.9. The summed E-state index contributed by atoms with van der Waals surface area (Å²) in [6.07, 6.45) is 1.50. The average Bonchev–Trinajstić information content (AvgIpc) is 2.35. The molecule has 11 heavy (non-hydrogen) atoms. The zero-order valence-corrected chi connectivity index (χ0v) is 7.41. The second-order valence-electron chi connectivity index (χ2n) is 1.77. The van der Waals surface area contributed by atoms with Crippen molar-refractivity contribution in [3.63, 3.8) is 0 Å². The third-order valence-corrected chi connectivity index (χ3v) is 1.37. The molecular weight excluding hydrogens is 214 g/mol. The largest absolute Gasteiger partial charge is 0.468 e. The fraction of sp³-hybridized carbons (Fsp3) is 0.400. The molecule has 0 aliphatic rings. The quantitative estimate of drug-likeness (QED) is 0.668. The van der Waals surface area contributed by atoms with Gasteiger partial charge in [0.15, 0.2) is 6.54 Å². The topological polar surface area (TPSA) is 57.0 Å². The summed E-state index contributed by atoms with van der Waals surface area (Å²) in [5.41, 5.74) is 0. The molecule has 1 aromatic rings. The number of halogens is 1. The molecule has 0 N–H and O–H groups in total. The number of hydrogen-bond acceptors (Lipinski definition) is 4. The van der Waals surface area contributed by atoms with Gasteiger partial charge in [-0.2, -0.15) is 9.90 Å². The Balaban J connectivity index is 2.57. The summed E-state index contributed by atoms with van der Waals surface area (Å²) in [6, 6.07) is 0. The van der Waals surface area contributed by atoms with Gasteiger partial charge in [0.05, 0.1) is 13.3 Å². The molecule has 1 heterocycles. The molecule has 0 bridgehead atoms. The number of hydrogen-bond donors (Lipinski definition) is 0. The van der Waals surface area contributed by atoms with Gasteiger partial charge >= 0.3 is 5.97 Å². The fourth-order valence-electron chi connectivity index (χ4n) is 0.532. The van der Waals surface area contributed by atoms with Gasteiger partial charge in [-0.05, 0) is 15.9 Å². The third kappa shape index (κ3) is 2.30. The van der Waals surface area contributed by atoms with Crippen LogP contribution in [0.5, 0.6) is 0 Å². The van der Waals surface area contributed by atoms with E-state index >= 15 is 0 Å². The van der Waals surface area contributed by atoms with Crippen molar-refractivity contribution < 1.29 is 9.53 Å². The predicted molar refractivity (Wildman–Crippen MR) is 39.7 cm³/mol. The van der Waals surface area contributed by atoms with Gasteiger partial charge in [-0.15, -0.1) is 5.10 Å². The first-order chi connectivity index (χ1) is 5.22. The number of aromatic nitrogens is 3. The van der Waals surface area contributed by atoms with E-state index in [1.807, 2.05) is 0 Å². The Hall–Kier alpha value is -0.910. The van der Waals surface area contributed by atoms with Crippen molar-refractivity contribution in [2.45, 2.75) is 6.54 Å². The van der Waals surface area contributed by atoms with Crippen molar-refractivity contribution in [1.29, 1.82) is 0 Å². The molecule has 0 spiro atoms. The summed E-state index contributed by atoms with van der Waals surface area (Å²) >= 11 is 3.10. The van der Waals surface area contributed by atoms with E-state index in [1.165, 1.54) is 18.1 Å². The van der Waals surface area contributed by atoms with Gasteiger partial charge in [0, 0.05) is 0 Å². The molecule has 5 nitrogen and oxygen atoms in total. The standard InChI is InChI=1S/C5H6BrN3O2/c1-11-5(10)3-9-7-2-4(6)8-9/h2H,3H2,1H3. The Bertz CT molecular complexity index is 260. The van der Waals surface area contributed by atoms with Crippen LogP contribution in [-0.4, -0.2) is 28.1 Å². The van der Waals surface area contributed by atoms with E-state index in [0.29, 0.717) is 4.60 Å². The van der Waals surface area contributed by atoms with Crippen LogP contribution >= 0.6 is 15.9 Å². The number of ether oxygens (including phenoxy) is 1. The minimum Gasteiger partial charge on any atom is -0.468 e. The van der Waals surface area contributed by atoms with Gasteiger partial charge in [0.1, 0.15) is 4.60 Å². The third-order valence-electron chi connectivity index (χ3n) is 1.01. The van der Waals surface area contributed by atoms with Crippen LogP contribution in [0.3, 0.4) is 0 Å². The van der Waals surface area contributed by atoms with Crippen molar-refractivity contribution in [2.75, 3.05) is 7.11 Å². The van der Waals surface area contributed by atoms with Gasteiger partial charge in [-0.25, -0.2) is 4.79 Å². The van der Waals surface area contributed by atoms with E-state index in [-0.39, 0.29) is 12.5 Å². The summed E-state index contributed by atoms with van der Waals surface area (Å²) in [5.74, 6) is -0.367. The predicted octanol–water partition coefficient (Wildman–Crippen LogP) is 0.214. The number of esters is 1. The molecule has 0 atom stereocenters. The average molecular weight is 220 g/mol. The molecule has 6 heteroatoms. The van der Waals surface area contributed by atoms with Crippen LogP contribution in [0.15, 0.2) is 10.8 Å². The SMILES string of the molecule is COC(=O)Cn1ncc(Br)n1. The van der Waals surface area contributed by atoms with E-state index < -0.39 is 0 Å². The second-order valence-corrected chi connectivity index (χ2v) is 2.59. The Morgan fingerprint density at radius 3 is 3.09 bits per heavy atom. The number of carbonyl (C=O) groups is 1. The van der Waals surface area contributed by atoms with E-state index in [1.54, 1.807) is 0 Å². The van der Waals surface area contributed by atoms with Gasteiger partial charge < -0.3 is 4.74 Å². The monoisotopic (exact) mass is 219 g/mol. The second kappa shape index (κ2) is 3.47. The van der Waals surface area contributed by atoms with Crippen LogP contribution in [0.25, 0.3) is 0 Å². The first-order valence-electron chi connectivity index (χ1n) is 2.85. The molecule has 0 aliphatic carbocycles. The molecule has 60 valence electrons. The van der Waals surface area contributed by atoms with Crippen LogP contribution in [-0.2, 0) is 16.1 Å². The lowest BCUT2D eigenvalue weighted by Gasteiger charge is -1.95. The number of rotatable bonds is 2. The van der Waals surface area contributed by atoms with Crippen molar-refractivity contribution in [3.05, 3.63) is 10.8 Å². The molecule has 0 unspecified atom stereocenters. The van der Waals surface area contributed by atoms with E-state index in [4.69, 9.17) is 0 Å². The lowest BCUT2D eigenvalue weighted by Crippen LogP contribution is -2.13. The van der Waals surface area contributed by atoms with Crippen LogP contribution in [0, 0.1) is 0 Å². The maximum atomic E-state index is 10.7. The smallest absolute Gasteiger partial charge is 0.329 e. The zero-order chi connectivity index (χ0) is 8.27. The lowest BCUT2D eigenvalue weighted by molar-refractivity contribution is -0.141. The fourth-order valence-corrected chi connectivity index (χ4v) is 0.807. The van der Waals surface area contributed by atoms with Crippen molar-refractivity contribution in [3.8, 4) is 0 Å². The first kappa shape index (κ1) is 8.19.